The fraction of sp³-hybridized carbons (Fsp3) is 0.417. The predicted octanol–water partition coefficient (Wildman–Crippen LogP) is 3.39. The summed E-state index contributed by atoms with van der Waals surface area (Å²) >= 11 is 0. The molecule has 170 valence electrons. The molecule has 2 aromatic rings. The van der Waals surface area contributed by atoms with Crippen LogP contribution in [-0.4, -0.2) is 43.7 Å². The van der Waals surface area contributed by atoms with Crippen molar-refractivity contribution in [3.8, 4) is 0 Å². The maximum absolute atomic E-state index is 13.2. The molecule has 2 aliphatic rings. The van der Waals surface area contributed by atoms with Crippen LogP contribution in [0, 0.1) is 13.8 Å². The van der Waals surface area contributed by atoms with Gasteiger partial charge in [0.1, 0.15) is 6.04 Å². The highest BCUT2D eigenvalue weighted by Crippen LogP contribution is 2.35. The minimum absolute atomic E-state index is 0.220. The number of hydrogen-bond donors (Lipinski definition) is 1. The molecule has 0 saturated carbocycles. The van der Waals surface area contributed by atoms with Crippen LogP contribution >= 0.6 is 0 Å². The number of fused-ring (bicyclic) bond motifs is 1. The number of hydrogen-bond acceptors (Lipinski definition) is 4. The molecule has 32 heavy (non-hydrogen) atoms. The molecule has 1 atom stereocenters. The van der Waals surface area contributed by atoms with Gasteiger partial charge in [-0.3, -0.25) is 14.5 Å². The molecular weight excluding hydrogens is 426 g/mol. The van der Waals surface area contributed by atoms with E-state index in [2.05, 4.69) is 5.32 Å². The molecule has 0 aromatic heterocycles. The molecule has 4 rings (SSSR count). The first-order valence-electron chi connectivity index (χ1n) is 11.0. The Labute approximate surface area is 189 Å². The lowest BCUT2D eigenvalue weighted by molar-refractivity contribution is -0.122. The first-order valence-corrected chi connectivity index (χ1v) is 12.4. The molecule has 0 bridgehead atoms. The Morgan fingerprint density at radius 1 is 1.03 bits per heavy atom. The topological polar surface area (TPSA) is 86.8 Å². The molecule has 1 fully saturated rings. The smallest absolute Gasteiger partial charge is 0.247 e. The largest absolute Gasteiger partial charge is 0.324 e. The second-order valence-electron chi connectivity index (χ2n) is 8.60. The van der Waals surface area contributed by atoms with E-state index in [9.17, 15) is 18.0 Å². The van der Waals surface area contributed by atoms with Crippen molar-refractivity contribution in [2.24, 2.45) is 0 Å². The van der Waals surface area contributed by atoms with E-state index in [1.165, 1.54) is 16.1 Å². The lowest BCUT2D eigenvalue weighted by atomic mass is 10.1. The third-order valence-corrected chi connectivity index (χ3v) is 8.39. The van der Waals surface area contributed by atoms with Crippen molar-refractivity contribution < 1.29 is 18.0 Å². The molecule has 8 heteroatoms. The van der Waals surface area contributed by atoms with E-state index < -0.39 is 16.1 Å². The lowest BCUT2D eigenvalue weighted by Crippen LogP contribution is -2.44. The van der Waals surface area contributed by atoms with E-state index in [1.54, 1.807) is 18.2 Å². The van der Waals surface area contributed by atoms with Gasteiger partial charge in [-0.2, -0.15) is 4.31 Å². The van der Waals surface area contributed by atoms with Gasteiger partial charge in [0.05, 0.1) is 4.90 Å². The number of nitrogens with zero attached hydrogens (tertiary/aromatic N) is 2. The number of benzene rings is 2. The number of nitrogens with one attached hydrogen (secondary N) is 1. The van der Waals surface area contributed by atoms with E-state index in [1.807, 2.05) is 32.0 Å². The van der Waals surface area contributed by atoms with Crippen molar-refractivity contribution in [2.75, 3.05) is 23.3 Å². The minimum Gasteiger partial charge on any atom is -0.324 e. The van der Waals surface area contributed by atoms with Crippen molar-refractivity contribution in [2.45, 2.75) is 57.4 Å². The molecule has 7 nitrogen and oxygen atoms in total. The fourth-order valence-electron chi connectivity index (χ4n) is 4.54. The molecule has 0 unspecified atom stereocenters. The molecule has 1 saturated heterocycles. The summed E-state index contributed by atoms with van der Waals surface area (Å²) in [6.45, 7) is 6.39. The highest BCUT2D eigenvalue weighted by atomic mass is 32.2. The molecule has 2 heterocycles. The quantitative estimate of drug-likeness (QED) is 0.766. The first kappa shape index (κ1) is 22.5. The van der Waals surface area contributed by atoms with Crippen molar-refractivity contribution in [1.82, 2.24) is 4.31 Å². The van der Waals surface area contributed by atoms with E-state index in [0.29, 0.717) is 30.0 Å². The van der Waals surface area contributed by atoms with Crippen molar-refractivity contribution in [1.29, 1.82) is 0 Å². The summed E-state index contributed by atoms with van der Waals surface area (Å²) in [5.74, 6) is -0.540. The van der Waals surface area contributed by atoms with Gasteiger partial charge in [-0.05, 0) is 67.6 Å². The van der Waals surface area contributed by atoms with Gasteiger partial charge < -0.3 is 5.32 Å². The second kappa shape index (κ2) is 8.67. The van der Waals surface area contributed by atoms with Gasteiger partial charge in [0.25, 0.3) is 0 Å². The predicted molar refractivity (Wildman–Crippen MR) is 124 cm³/mol. The average Bonchev–Trinajstić information content (AvgIpc) is 3.17. The Morgan fingerprint density at radius 3 is 2.44 bits per heavy atom. The van der Waals surface area contributed by atoms with Gasteiger partial charge in [0.15, 0.2) is 0 Å². The maximum atomic E-state index is 13.2. The Bertz CT molecular complexity index is 1170. The molecule has 0 radical (unpaired) electrons. The van der Waals surface area contributed by atoms with Gasteiger partial charge in [0.2, 0.25) is 21.8 Å². The molecule has 2 aromatic carbocycles. The zero-order valence-corrected chi connectivity index (χ0v) is 19.5. The summed E-state index contributed by atoms with van der Waals surface area (Å²) in [6.07, 6.45) is 3.04. The summed E-state index contributed by atoms with van der Waals surface area (Å²) in [6, 6.07) is 9.78. The van der Waals surface area contributed by atoms with Gasteiger partial charge >= 0.3 is 0 Å². The molecule has 2 aliphatic heterocycles. The van der Waals surface area contributed by atoms with Crippen LogP contribution in [0.3, 0.4) is 0 Å². The first-order chi connectivity index (χ1) is 15.2. The third kappa shape index (κ3) is 4.04. The van der Waals surface area contributed by atoms with E-state index in [0.717, 1.165) is 30.4 Å². The fourth-order valence-corrected chi connectivity index (χ4v) is 6.11. The highest BCUT2D eigenvalue weighted by molar-refractivity contribution is 7.89. The highest BCUT2D eigenvalue weighted by Gasteiger charge is 2.38. The van der Waals surface area contributed by atoms with Gasteiger partial charge in [0, 0.05) is 37.8 Å². The lowest BCUT2D eigenvalue weighted by Gasteiger charge is -2.26. The Balaban J connectivity index is 1.62. The van der Waals surface area contributed by atoms with Crippen molar-refractivity contribution >= 4 is 33.2 Å². The summed E-state index contributed by atoms with van der Waals surface area (Å²) in [4.78, 5) is 27.3. The summed E-state index contributed by atoms with van der Waals surface area (Å²) in [5, 5.41) is 2.95. The van der Waals surface area contributed by atoms with Crippen LogP contribution < -0.4 is 10.2 Å². The van der Waals surface area contributed by atoms with E-state index in [4.69, 9.17) is 0 Å². The SMILES string of the molecule is CC(=O)N1c2ccc(S(=O)(=O)N3CCCCC3)cc2C[C@H]1C(=O)Nc1cccc(C)c1C. The van der Waals surface area contributed by atoms with Gasteiger partial charge in [-0.1, -0.05) is 18.6 Å². The number of piperidine rings is 1. The third-order valence-electron chi connectivity index (χ3n) is 6.49. The number of anilines is 2. The summed E-state index contributed by atoms with van der Waals surface area (Å²) < 4.78 is 27.7. The van der Waals surface area contributed by atoms with Crippen LogP contribution in [0.1, 0.15) is 42.9 Å². The van der Waals surface area contributed by atoms with Crippen molar-refractivity contribution in [3.05, 3.63) is 53.1 Å². The molecule has 0 spiro atoms. The minimum atomic E-state index is -3.59. The zero-order chi connectivity index (χ0) is 23.0. The van der Waals surface area contributed by atoms with Crippen LogP contribution in [-0.2, 0) is 26.0 Å². The van der Waals surface area contributed by atoms with Gasteiger partial charge in [-0.25, -0.2) is 8.42 Å². The molecule has 1 N–H and O–H groups in total. The monoisotopic (exact) mass is 455 g/mol. The number of carbonyl (C=O) groups excluding carboxylic acids is 2. The normalized spacial score (nSPS) is 19.0. The maximum Gasteiger partial charge on any atom is 0.247 e. The number of amides is 2. The zero-order valence-electron chi connectivity index (χ0n) is 18.7. The number of aryl methyl sites for hydroxylation is 1. The molecule has 2 amide bonds. The second-order valence-corrected chi connectivity index (χ2v) is 10.5. The van der Waals surface area contributed by atoms with Crippen LogP contribution in [0.15, 0.2) is 41.3 Å². The Hall–Kier alpha value is -2.71. The van der Waals surface area contributed by atoms with Gasteiger partial charge in [-0.15, -0.1) is 0 Å². The Kier molecular flexibility index (Phi) is 6.09. The summed E-state index contributed by atoms with van der Waals surface area (Å²) in [7, 11) is -3.59. The van der Waals surface area contributed by atoms with E-state index >= 15 is 0 Å². The number of sulfonamides is 1. The number of rotatable bonds is 4. The van der Waals surface area contributed by atoms with Crippen LogP contribution in [0.25, 0.3) is 0 Å². The van der Waals surface area contributed by atoms with Crippen LogP contribution in [0.2, 0.25) is 0 Å². The van der Waals surface area contributed by atoms with E-state index in [-0.39, 0.29) is 23.1 Å². The van der Waals surface area contributed by atoms with Crippen LogP contribution in [0.5, 0.6) is 0 Å². The summed E-state index contributed by atoms with van der Waals surface area (Å²) in [5.41, 5.74) is 4.03. The molecular formula is C24H29N3O4S. The van der Waals surface area contributed by atoms with Crippen LogP contribution in [0.4, 0.5) is 11.4 Å². The average molecular weight is 456 g/mol. The molecule has 0 aliphatic carbocycles. The Morgan fingerprint density at radius 2 is 1.75 bits per heavy atom. The number of carbonyl (C=O) groups is 2. The van der Waals surface area contributed by atoms with Crippen molar-refractivity contribution in [3.63, 3.8) is 0 Å². The standard InChI is InChI=1S/C24H29N3O4S/c1-16-8-7-9-21(17(16)2)25-24(29)23-15-19-14-20(10-11-22(19)27(23)18(3)28)32(30,31)26-12-5-4-6-13-26/h7-11,14,23H,4-6,12-13,15H2,1-3H3,(H,25,29)/t23-/m0/s1.